The summed E-state index contributed by atoms with van der Waals surface area (Å²) < 4.78 is 10.5. The second kappa shape index (κ2) is 6.24. The molecule has 2 saturated carbocycles. The SMILES string of the molecule is C=C(C(=O)OCC)C(C)OOC1(OC)C[C@@H]2CC[C@H]1C2. The van der Waals surface area contributed by atoms with Crippen LogP contribution in [0.15, 0.2) is 12.2 Å². The van der Waals surface area contributed by atoms with E-state index in [1.807, 2.05) is 0 Å². The third-order valence-electron chi connectivity index (χ3n) is 4.44. The van der Waals surface area contributed by atoms with Crippen molar-refractivity contribution in [2.24, 2.45) is 11.8 Å². The van der Waals surface area contributed by atoms with E-state index in [0.29, 0.717) is 18.4 Å². The maximum absolute atomic E-state index is 11.6. The molecule has 0 N–H and O–H groups in total. The molecule has 0 saturated heterocycles. The van der Waals surface area contributed by atoms with Crippen molar-refractivity contribution in [3.8, 4) is 0 Å². The van der Waals surface area contributed by atoms with Gasteiger partial charge in [-0.05, 0) is 39.0 Å². The van der Waals surface area contributed by atoms with Crippen molar-refractivity contribution in [2.75, 3.05) is 13.7 Å². The molecule has 5 nitrogen and oxygen atoms in total. The summed E-state index contributed by atoms with van der Waals surface area (Å²) in [5, 5.41) is 0. The van der Waals surface area contributed by atoms with Crippen LogP contribution in [0.1, 0.15) is 39.5 Å². The average Bonchev–Trinajstić information content (AvgIpc) is 3.05. The third-order valence-corrected chi connectivity index (χ3v) is 4.44. The molecule has 0 aliphatic heterocycles. The molecule has 2 rings (SSSR count). The normalized spacial score (nSPS) is 33.1. The minimum absolute atomic E-state index is 0.251. The van der Waals surface area contributed by atoms with Gasteiger partial charge in [0.05, 0.1) is 12.2 Å². The maximum atomic E-state index is 11.6. The Bertz CT molecular complexity index is 380. The predicted octanol–water partition coefficient (Wildman–Crippen LogP) is 2.61. The lowest BCUT2D eigenvalue weighted by molar-refractivity contribution is -0.446. The van der Waals surface area contributed by atoms with Crippen molar-refractivity contribution in [2.45, 2.75) is 51.4 Å². The minimum Gasteiger partial charge on any atom is -0.463 e. The molecule has 5 heteroatoms. The molecule has 0 aromatic rings. The van der Waals surface area contributed by atoms with Crippen molar-refractivity contribution in [3.05, 3.63) is 12.2 Å². The van der Waals surface area contributed by atoms with E-state index < -0.39 is 17.9 Å². The first-order valence-electron chi connectivity index (χ1n) is 7.28. The van der Waals surface area contributed by atoms with Crippen LogP contribution in [-0.4, -0.2) is 31.6 Å². The van der Waals surface area contributed by atoms with E-state index in [2.05, 4.69) is 6.58 Å². The van der Waals surface area contributed by atoms with E-state index in [1.165, 1.54) is 6.42 Å². The highest BCUT2D eigenvalue weighted by Gasteiger charge is 2.54. The lowest BCUT2D eigenvalue weighted by Crippen LogP contribution is -2.41. The lowest BCUT2D eigenvalue weighted by Gasteiger charge is -2.35. The number of esters is 1. The van der Waals surface area contributed by atoms with E-state index in [0.717, 1.165) is 19.3 Å². The summed E-state index contributed by atoms with van der Waals surface area (Å²) in [6, 6.07) is 0. The standard InChI is InChI=1S/C15H24O5/c1-5-18-14(16)10(2)11(3)19-20-15(17-4)9-12-6-7-13(15)8-12/h11-13H,2,5-9H2,1,3-4H3/t11?,12-,13+,15?/m1/s1. The Morgan fingerprint density at radius 3 is 2.70 bits per heavy atom. The van der Waals surface area contributed by atoms with Crippen molar-refractivity contribution in [3.63, 3.8) is 0 Å². The van der Waals surface area contributed by atoms with Gasteiger partial charge >= 0.3 is 5.97 Å². The molecule has 0 aromatic heterocycles. The van der Waals surface area contributed by atoms with Gasteiger partial charge in [0.25, 0.3) is 0 Å². The fraction of sp³-hybridized carbons (Fsp3) is 0.800. The molecule has 0 amide bonds. The fourth-order valence-corrected chi connectivity index (χ4v) is 3.22. The highest BCUT2D eigenvalue weighted by molar-refractivity contribution is 5.88. The Kier molecular flexibility index (Phi) is 4.83. The van der Waals surface area contributed by atoms with Crippen LogP contribution in [0.4, 0.5) is 0 Å². The summed E-state index contributed by atoms with van der Waals surface area (Å²) in [4.78, 5) is 22.5. The highest BCUT2D eigenvalue weighted by Crippen LogP contribution is 2.53. The smallest absolute Gasteiger partial charge is 0.336 e. The van der Waals surface area contributed by atoms with E-state index >= 15 is 0 Å². The molecule has 0 aromatic carbocycles. The van der Waals surface area contributed by atoms with Gasteiger partial charge in [0.1, 0.15) is 6.10 Å². The number of hydrogen-bond acceptors (Lipinski definition) is 5. The molecule has 2 aliphatic carbocycles. The number of carbonyl (C=O) groups is 1. The summed E-state index contributed by atoms with van der Waals surface area (Å²) in [5.74, 6) is -0.0813. The Hall–Kier alpha value is -0.910. The zero-order valence-electron chi connectivity index (χ0n) is 12.5. The molecule has 2 fully saturated rings. The van der Waals surface area contributed by atoms with Gasteiger partial charge in [-0.15, -0.1) is 0 Å². The Morgan fingerprint density at radius 1 is 1.45 bits per heavy atom. The van der Waals surface area contributed by atoms with Crippen LogP contribution in [0.25, 0.3) is 0 Å². The lowest BCUT2D eigenvalue weighted by atomic mass is 9.94. The number of carbonyl (C=O) groups excluding carboxylic acids is 1. The van der Waals surface area contributed by atoms with Crippen molar-refractivity contribution in [1.29, 1.82) is 0 Å². The van der Waals surface area contributed by atoms with Gasteiger partial charge in [0, 0.05) is 19.4 Å². The molecule has 2 aliphatic rings. The first kappa shape index (κ1) is 15.5. The topological polar surface area (TPSA) is 54.0 Å². The number of ether oxygens (including phenoxy) is 2. The fourth-order valence-electron chi connectivity index (χ4n) is 3.22. The van der Waals surface area contributed by atoms with E-state index in [1.54, 1.807) is 21.0 Å². The second-order valence-corrected chi connectivity index (χ2v) is 5.66. The van der Waals surface area contributed by atoms with E-state index in [4.69, 9.17) is 19.2 Å². The number of rotatable bonds is 7. The Balaban J connectivity index is 1.87. The quantitative estimate of drug-likeness (QED) is 0.236. The second-order valence-electron chi connectivity index (χ2n) is 5.66. The number of hydrogen-bond donors (Lipinski definition) is 0. The molecular formula is C15H24O5. The number of fused-ring (bicyclic) bond motifs is 2. The molecule has 0 spiro atoms. The molecule has 20 heavy (non-hydrogen) atoms. The van der Waals surface area contributed by atoms with Gasteiger partial charge < -0.3 is 9.47 Å². The number of methoxy groups -OCH3 is 1. The highest BCUT2D eigenvalue weighted by atomic mass is 17.2. The van der Waals surface area contributed by atoms with Gasteiger partial charge in [0.15, 0.2) is 0 Å². The van der Waals surface area contributed by atoms with Crippen LogP contribution in [0.3, 0.4) is 0 Å². The van der Waals surface area contributed by atoms with Gasteiger partial charge in [-0.2, -0.15) is 0 Å². The van der Waals surface area contributed by atoms with Gasteiger partial charge in [-0.25, -0.2) is 14.6 Å². The zero-order valence-corrected chi connectivity index (χ0v) is 12.5. The molecule has 4 atom stereocenters. The predicted molar refractivity (Wildman–Crippen MR) is 72.6 cm³/mol. The minimum atomic E-state index is -0.661. The molecule has 0 radical (unpaired) electrons. The van der Waals surface area contributed by atoms with Crippen molar-refractivity contribution < 1.29 is 24.0 Å². The van der Waals surface area contributed by atoms with Gasteiger partial charge in [-0.1, -0.05) is 6.58 Å². The van der Waals surface area contributed by atoms with Crippen LogP contribution >= 0.6 is 0 Å². The molecule has 2 bridgehead atoms. The van der Waals surface area contributed by atoms with Crippen LogP contribution in [-0.2, 0) is 24.0 Å². The summed E-state index contributed by atoms with van der Waals surface area (Å²) >= 11 is 0. The monoisotopic (exact) mass is 284 g/mol. The van der Waals surface area contributed by atoms with Crippen LogP contribution in [0, 0.1) is 11.8 Å². The largest absolute Gasteiger partial charge is 0.463 e. The van der Waals surface area contributed by atoms with Crippen molar-refractivity contribution in [1.82, 2.24) is 0 Å². The summed E-state index contributed by atoms with van der Waals surface area (Å²) in [5.41, 5.74) is 0.251. The van der Waals surface area contributed by atoms with E-state index in [-0.39, 0.29) is 5.57 Å². The summed E-state index contributed by atoms with van der Waals surface area (Å²) in [6.45, 7) is 7.48. The molecule has 0 heterocycles. The third kappa shape index (κ3) is 2.90. The Labute approximate surface area is 120 Å². The van der Waals surface area contributed by atoms with Crippen LogP contribution in [0.2, 0.25) is 0 Å². The van der Waals surface area contributed by atoms with Crippen LogP contribution in [0.5, 0.6) is 0 Å². The average molecular weight is 284 g/mol. The van der Waals surface area contributed by atoms with E-state index in [9.17, 15) is 4.79 Å². The van der Waals surface area contributed by atoms with Gasteiger partial charge in [0.2, 0.25) is 5.79 Å². The van der Waals surface area contributed by atoms with Crippen molar-refractivity contribution >= 4 is 5.97 Å². The maximum Gasteiger partial charge on any atom is 0.336 e. The first-order chi connectivity index (χ1) is 9.52. The summed E-state index contributed by atoms with van der Waals surface area (Å²) in [7, 11) is 1.65. The van der Waals surface area contributed by atoms with Crippen LogP contribution < -0.4 is 0 Å². The first-order valence-corrected chi connectivity index (χ1v) is 7.28. The molecular weight excluding hydrogens is 260 g/mol. The summed E-state index contributed by atoms with van der Waals surface area (Å²) in [6.07, 6.45) is 3.77. The molecule has 114 valence electrons. The van der Waals surface area contributed by atoms with Gasteiger partial charge in [-0.3, -0.25) is 0 Å². The molecule has 2 unspecified atom stereocenters. The zero-order chi connectivity index (χ0) is 14.8. The Morgan fingerprint density at radius 2 is 2.20 bits per heavy atom.